The summed E-state index contributed by atoms with van der Waals surface area (Å²) < 4.78 is 10.6. The lowest BCUT2D eigenvalue weighted by Gasteiger charge is -2.36. The second kappa shape index (κ2) is 7.78. The predicted molar refractivity (Wildman–Crippen MR) is 85.6 cm³/mol. The molecule has 0 saturated heterocycles. The summed E-state index contributed by atoms with van der Waals surface area (Å²) in [4.78, 5) is 2.50. The Kier molecular flexibility index (Phi) is 6.03. The summed E-state index contributed by atoms with van der Waals surface area (Å²) in [5.74, 6) is 1.69. The van der Waals surface area contributed by atoms with Crippen LogP contribution in [0.25, 0.3) is 0 Å². The largest absolute Gasteiger partial charge is 0.497 e. The minimum Gasteiger partial charge on any atom is -0.497 e. The quantitative estimate of drug-likeness (QED) is 0.759. The van der Waals surface area contributed by atoms with Crippen LogP contribution in [0.2, 0.25) is 0 Å². The number of methoxy groups -OCH3 is 2. The standard InChI is InChI=1S/C17H28N2O2/c1-13(14-7-8-14)19(9-10-20-2)17(12-18)15-5-4-6-16(11-15)21-3/h4-6,11,13-14,17H,7-10,12,18H2,1-3H3. The van der Waals surface area contributed by atoms with Gasteiger partial charge in [-0.25, -0.2) is 0 Å². The average molecular weight is 292 g/mol. The second-order valence-electron chi connectivity index (χ2n) is 5.84. The highest BCUT2D eigenvalue weighted by Gasteiger charge is 2.35. The summed E-state index contributed by atoms with van der Waals surface area (Å²) in [6.45, 7) is 4.56. The van der Waals surface area contributed by atoms with Crippen LogP contribution in [0.1, 0.15) is 31.4 Å². The maximum Gasteiger partial charge on any atom is 0.119 e. The third-order valence-corrected chi connectivity index (χ3v) is 4.48. The van der Waals surface area contributed by atoms with E-state index in [0.29, 0.717) is 12.6 Å². The Hall–Kier alpha value is -1.10. The van der Waals surface area contributed by atoms with Crippen LogP contribution in [0.15, 0.2) is 24.3 Å². The summed E-state index contributed by atoms with van der Waals surface area (Å²) in [6.07, 6.45) is 2.67. The number of hydrogen-bond acceptors (Lipinski definition) is 4. The van der Waals surface area contributed by atoms with Crippen LogP contribution in [0.5, 0.6) is 5.75 Å². The number of nitrogens with zero attached hydrogens (tertiary/aromatic N) is 1. The second-order valence-corrected chi connectivity index (χ2v) is 5.84. The topological polar surface area (TPSA) is 47.7 Å². The molecule has 0 radical (unpaired) electrons. The molecule has 0 spiro atoms. The molecule has 2 rings (SSSR count). The van der Waals surface area contributed by atoms with Gasteiger partial charge in [0.05, 0.1) is 13.7 Å². The highest BCUT2D eigenvalue weighted by Crippen LogP contribution is 2.38. The van der Waals surface area contributed by atoms with E-state index >= 15 is 0 Å². The van der Waals surface area contributed by atoms with Crippen LogP contribution in [0.4, 0.5) is 0 Å². The van der Waals surface area contributed by atoms with Gasteiger partial charge in [-0.1, -0.05) is 12.1 Å². The Morgan fingerprint density at radius 2 is 2.10 bits per heavy atom. The summed E-state index contributed by atoms with van der Waals surface area (Å²) in [6, 6.07) is 9.00. The third-order valence-electron chi connectivity index (χ3n) is 4.48. The van der Waals surface area contributed by atoms with Gasteiger partial charge in [0.2, 0.25) is 0 Å². The van der Waals surface area contributed by atoms with Gasteiger partial charge >= 0.3 is 0 Å². The van der Waals surface area contributed by atoms with Gasteiger partial charge < -0.3 is 15.2 Å². The van der Waals surface area contributed by atoms with Gasteiger partial charge in [-0.05, 0) is 43.4 Å². The zero-order chi connectivity index (χ0) is 15.2. The molecule has 0 heterocycles. The van der Waals surface area contributed by atoms with E-state index in [1.165, 1.54) is 18.4 Å². The van der Waals surface area contributed by atoms with Crippen molar-refractivity contribution >= 4 is 0 Å². The lowest BCUT2D eigenvalue weighted by molar-refractivity contribution is 0.0834. The Labute approximate surface area is 128 Å². The van der Waals surface area contributed by atoms with Crippen molar-refractivity contribution in [1.82, 2.24) is 4.90 Å². The van der Waals surface area contributed by atoms with Gasteiger partial charge in [0.25, 0.3) is 0 Å². The van der Waals surface area contributed by atoms with E-state index < -0.39 is 0 Å². The van der Waals surface area contributed by atoms with Gasteiger partial charge in [0.1, 0.15) is 5.75 Å². The molecule has 1 aromatic carbocycles. The van der Waals surface area contributed by atoms with Crippen molar-refractivity contribution < 1.29 is 9.47 Å². The molecule has 1 aromatic rings. The molecule has 1 saturated carbocycles. The van der Waals surface area contributed by atoms with Crippen LogP contribution in [-0.2, 0) is 4.74 Å². The normalized spacial score (nSPS) is 17.8. The molecule has 2 unspecified atom stereocenters. The fourth-order valence-corrected chi connectivity index (χ4v) is 3.00. The van der Waals surface area contributed by atoms with E-state index in [9.17, 15) is 0 Å². The Bertz CT molecular complexity index is 435. The SMILES string of the molecule is COCCN(C(CN)c1cccc(OC)c1)C(C)C1CC1. The molecule has 2 atom stereocenters. The van der Waals surface area contributed by atoms with E-state index in [2.05, 4.69) is 24.0 Å². The summed E-state index contributed by atoms with van der Waals surface area (Å²) >= 11 is 0. The molecule has 0 amide bonds. The number of rotatable bonds is 9. The molecule has 1 fully saturated rings. The molecule has 118 valence electrons. The highest BCUT2D eigenvalue weighted by molar-refractivity contribution is 5.31. The molecular formula is C17H28N2O2. The first-order valence-corrected chi connectivity index (χ1v) is 7.80. The maximum absolute atomic E-state index is 6.10. The van der Waals surface area contributed by atoms with Crippen molar-refractivity contribution in [3.63, 3.8) is 0 Å². The van der Waals surface area contributed by atoms with Crippen molar-refractivity contribution in [2.24, 2.45) is 11.7 Å². The lowest BCUT2D eigenvalue weighted by Crippen LogP contribution is -2.43. The van der Waals surface area contributed by atoms with Crippen molar-refractivity contribution in [3.8, 4) is 5.75 Å². The lowest BCUT2D eigenvalue weighted by atomic mass is 10.0. The van der Waals surface area contributed by atoms with Crippen molar-refractivity contribution in [3.05, 3.63) is 29.8 Å². The summed E-state index contributed by atoms with van der Waals surface area (Å²) in [7, 11) is 3.45. The molecule has 1 aliphatic carbocycles. The molecule has 1 aliphatic rings. The van der Waals surface area contributed by atoms with Crippen LogP contribution in [0, 0.1) is 5.92 Å². The molecule has 2 N–H and O–H groups in total. The van der Waals surface area contributed by atoms with Crippen LogP contribution in [0.3, 0.4) is 0 Å². The fraction of sp³-hybridized carbons (Fsp3) is 0.647. The number of ether oxygens (including phenoxy) is 2. The first-order valence-electron chi connectivity index (χ1n) is 7.80. The maximum atomic E-state index is 6.10. The molecule has 0 bridgehead atoms. The van der Waals surface area contributed by atoms with Gasteiger partial charge in [-0.2, -0.15) is 0 Å². The Morgan fingerprint density at radius 1 is 1.33 bits per heavy atom. The monoisotopic (exact) mass is 292 g/mol. The molecule has 0 aromatic heterocycles. The number of nitrogens with two attached hydrogens (primary N) is 1. The predicted octanol–water partition coefficient (Wildman–Crippen LogP) is 2.44. The number of hydrogen-bond donors (Lipinski definition) is 1. The minimum absolute atomic E-state index is 0.214. The molecule has 0 aliphatic heterocycles. The highest BCUT2D eigenvalue weighted by atomic mass is 16.5. The van der Waals surface area contributed by atoms with Crippen LogP contribution in [-0.4, -0.2) is 44.9 Å². The van der Waals surface area contributed by atoms with E-state index in [1.54, 1.807) is 14.2 Å². The zero-order valence-corrected chi connectivity index (χ0v) is 13.4. The van der Waals surface area contributed by atoms with E-state index in [4.69, 9.17) is 15.2 Å². The first kappa shape index (κ1) is 16.3. The van der Waals surface area contributed by atoms with Gasteiger partial charge in [-0.15, -0.1) is 0 Å². The van der Waals surface area contributed by atoms with Gasteiger partial charge in [0, 0.05) is 32.3 Å². The average Bonchev–Trinajstić information content (AvgIpc) is 3.35. The smallest absolute Gasteiger partial charge is 0.119 e. The molecule has 4 nitrogen and oxygen atoms in total. The van der Waals surface area contributed by atoms with E-state index in [-0.39, 0.29) is 6.04 Å². The van der Waals surface area contributed by atoms with Gasteiger partial charge in [-0.3, -0.25) is 4.90 Å². The Balaban J connectivity index is 2.19. The van der Waals surface area contributed by atoms with Crippen LogP contribution >= 0.6 is 0 Å². The zero-order valence-electron chi connectivity index (χ0n) is 13.4. The van der Waals surface area contributed by atoms with Crippen molar-refractivity contribution in [1.29, 1.82) is 0 Å². The summed E-state index contributed by atoms with van der Waals surface area (Å²) in [5, 5.41) is 0. The summed E-state index contributed by atoms with van der Waals surface area (Å²) in [5.41, 5.74) is 7.33. The van der Waals surface area contributed by atoms with E-state index in [1.807, 2.05) is 12.1 Å². The Morgan fingerprint density at radius 3 is 2.67 bits per heavy atom. The first-order chi connectivity index (χ1) is 10.2. The molecular weight excluding hydrogens is 264 g/mol. The van der Waals surface area contributed by atoms with Gasteiger partial charge in [0.15, 0.2) is 0 Å². The minimum atomic E-state index is 0.214. The third kappa shape index (κ3) is 4.19. The number of benzene rings is 1. The van der Waals surface area contributed by atoms with Crippen molar-refractivity contribution in [2.45, 2.75) is 31.8 Å². The van der Waals surface area contributed by atoms with Crippen LogP contribution < -0.4 is 10.5 Å². The molecule has 4 heteroatoms. The van der Waals surface area contributed by atoms with Crippen molar-refractivity contribution in [2.75, 3.05) is 33.9 Å². The fourth-order valence-electron chi connectivity index (χ4n) is 3.00. The molecule has 21 heavy (non-hydrogen) atoms. The van der Waals surface area contributed by atoms with E-state index in [0.717, 1.165) is 24.8 Å².